The van der Waals surface area contributed by atoms with Crippen LogP contribution in [0.3, 0.4) is 0 Å². The zero-order valence-electron chi connectivity index (χ0n) is 15.6. The Morgan fingerprint density at radius 2 is 2.00 bits per heavy atom. The Hall–Kier alpha value is -2.43. The maximum absolute atomic E-state index is 11.6. The van der Waals surface area contributed by atoms with Crippen molar-refractivity contribution in [2.75, 3.05) is 6.61 Å². The Morgan fingerprint density at radius 3 is 2.64 bits per heavy atom. The fourth-order valence-corrected chi connectivity index (χ4v) is 2.24. The van der Waals surface area contributed by atoms with E-state index in [1.54, 1.807) is 12.1 Å². The average Bonchev–Trinajstić information content (AvgIpc) is 2.61. The van der Waals surface area contributed by atoms with Crippen LogP contribution in [-0.4, -0.2) is 22.4 Å². The number of ether oxygens (including phenoxy) is 2. The van der Waals surface area contributed by atoms with Gasteiger partial charge in [0.05, 0.1) is 12.3 Å². The molecule has 1 atom stereocenters. The summed E-state index contributed by atoms with van der Waals surface area (Å²) >= 11 is 0. The molecule has 0 aliphatic heterocycles. The average molecular weight is 342 g/mol. The Labute approximate surface area is 149 Å². The topological polar surface area (TPSA) is 61.3 Å². The van der Waals surface area contributed by atoms with Gasteiger partial charge in [-0.1, -0.05) is 39.3 Å². The Kier molecular flexibility index (Phi) is 6.51. The van der Waals surface area contributed by atoms with Crippen LogP contribution in [-0.2, 0) is 6.42 Å². The maximum Gasteiger partial charge on any atom is 0.266 e. The quantitative estimate of drug-likeness (QED) is 0.647. The number of benzene rings is 1. The molecule has 0 radical (unpaired) electrons. The van der Waals surface area contributed by atoms with Crippen LogP contribution in [0.25, 0.3) is 0 Å². The maximum atomic E-state index is 11.6. The Morgan fingerprint density at radius 1 is 1.24 bits per heavy atom. The molecule has 0 unspecified atom stereocenters. The number of carbonyl (C=O) groups is 1. The molecule has 5 heteroatoms. The van der Waals surface area contributed by atoms with Gasteiger partial charge in [-0.25, -0.2) is 4.98 Å². The largest absolute Gasteiger partial charge is 0.486 e. The first-order chi connectivity index (χ1) is 12.0. The third-order valence-corrected chi connectivity index (χ3v) is 4.19. The molecule has 0 saturated heterocycles. The van der Waals surface area contributed by atoms with Gasteiger partial charge in [0.1, 0.15) is 12.1 Å². The second kappa shape index (κ2) is 8.60. The molecular formula is C20H26N2O3. The molecule has 0 spiro atoms. The van der Waals surface area contributed by atoms with Gasteiger partial charge in [-0.2, -0.15) is 4.98 Å². The molecule has 1 aromatic carbocycles. The van der Waals surface area contributed by atoms with E-state index in [0.717, 1.165) is 24.1 Å². The molecule has 2 rings (SSSR count). The number of aryl methyl sites for hydroxylation is 2. The second-order valence-electron chi connectivity index (χ2n) is 6.27. The van der Waals surface area contributed by atoms with E-state index in [2.05, 4.69) is 23.8 Å². The Balaban J connectivity index is 2.36. The molecule has 5 nitrogen and oxygen atoms in total. The summed E-state index contributed by atoms with van der Waals surface area (Å²) in [6.07, 6.45) is 3.24. The zero-order chi connectivity index (χ0) is 18.4. The predicted octanol–water partition coefficient (Wildman–Crippen LogP) is 4.77. The van der Waals surface area contributed by atoms with Crippen molar-refractivity contribution in [3.63, 3.8) is 0 Å². The van der Waals surface area contributed by atoms with Crippen LogP contribution < -0.4 is 9.47 Å². The van der Waals surface area contributed by atoms with Gasteiger partial charge in [0.15, 0.2) is 5.78 Å². The summed E-state index contributed by atoms with van der Waals surface area (Å²) in [7, 11) is 0. The van der Waals surface area contributed by atoms with Crippen molar-refractivity contribution in [2.24, 2.45) is 5.92 Å². The molecule has 2 aromatic rings. The second-order valence-corrected chi connectivity index (χ2v) is 6.27. The number of aromatic nitrogens is 2. The monoisotopic (exact) mass is 342 g/mol. The van der Waals surface area contributed by atoms with Crippen molar-refractivity contribution in [3.05, 3.63) is 41.3 Å². The predicted molar refractivity (Wildman–Crippen MR) is 97.6 cm³/mol. The van der Waals surface area contributed by atoms with Gasteiger partial charge >= 0.3 is 0 Å². The number of hydrogen-bond acceptors (Lipinski definition) is 5. The highest BCUT2D eigenvalue weighted by molar-refractivity contribution is 5.94. The highest BCUT2D eigenvalue weighted by Crippen LogP contribution is 2.34. The number of carbonyl (C=O) groups excluding carboxylic acids is 1. The van der Waals surface area contributed by atoms with Gasteiger partial charge in [0.25, 0.3) is 5.88 Å². The molecule has 25 heavy (non-hydrogen) atoms. The van der Waals surface area contributed by atoms with Gasteiger partial charge in [0.2, 0.25) is 5.75 Å². The van der Waals surface area contributed by atoms with E-state index in [1.807, 2.05) is 19.9 Å². The first kappa shape index (κ1) is 18.9. The van der Waals surface area contributed by atoms with E-state index in [4.69, 9.17) is 9.47 Å². The van der Waals surface area contributed by atoms with Crippen molar-refractivity contribution < 1.29 is 14.3 Å². The summed E-state index contributed by atoms with van der Waals surface area (Å²) in [4.78, 5) is 20.2. The fraction of sp³-hybridized carbons (Fsp3) is 0.450. The number of ketones is 1. The van der Waals surface area contributed by atoms with Gasteiger partial charge < -0.3 is 9.47 Å². The lowest BCUT2D eigenvalue weighted by atomic mass is 10.1. The molecule has 0 fully saturated rings. The minimum atomic E-state index is -0.00460. The number of rotatable bonds is 8. The fourth-order valence-electron chi connectivity index (χ4n) is 2.24. The van der Waals surface area contributed by atoms with Crippen LogP contribution in [0.15, 0.2) is 24.5 Å². The Bertz CT molecular complexity index is 744. The third-order valence-electron chi connectivity index (χ3n) is 4.19. The summed E-state index contributed by atoms with van der Waals surface area (Å²) in [5.41, 5.74) is 2.34. The summed E-state index contributed by atoms with van der Waals surface area (Å²) < 4.78 is 12.0. The number of hydrogen-bond donors (Lipinski definition) is 0. The van der Waals surface area contributed by atoms with Gasteiger partial charge in [-0.05, 0) is 37.8 Å². The SMILES string of the molecule is CCc1ncnc(Oc2cc(C(C)=O)ccc2C)c1OC[C@H](C)CC. The van der Waals surface area contributed by atoms with Crippen LogP contribution in [0.1, 0.15) is 55.7 Å². The van der Waals surface area contributed by atoms with Crippen LogP contribution >= 0.6 is 0 Å². The molecular weight excluding hydrogens is 316 g/mol. The molecule has 1 aromatic heterocycles. The lowest BCUT2D eigenvalue weighted by molar-refractivity contribution is 0.101. The van der Waals surface area contributed by atoms with Crippen molar-refractivity contribution in [1.29, 1.82) is 0 Å². The summed E-state index contributed by atoms with van der Waals surface area (Å²) in [5, 5.41) is 0. The van der Waals surface area contributed by atoms with E-state index in [-0.39, 0.29) is 5.78 Å². The summed E-state index contributed by atoms with van der Waals surface area (Å²) in [6.45, 7) is 10.3. The molecule has 0 aliphatic rings. The third kappa shape index (κ3) is 4.78. The molecule has 0 bridgehead atoms. The zero-order valence-corrected chi connectivity index (χ0v) is 15.6. The van der Waals surface area contributed by atoms with E-state index in [0.29, 0.717) is 35.5 Å². The number of nitrogens with zero attached hydrogens (tertiary/aromatic N) is 2. The van der Waals surface area contributed by atoms with Gasteiger partial charge in [-0.3, -0.25) is 4.79 Å². The van der Waals surface area contributed by atoms with Crippen LogP contribution in [0.5, 0.6) is 17.4 Å². The minimum absolute atomic E-state index is 0.00460. The van der Waals surface area contributed by atoms with Crippen LogP contribution in [0.4, 0.5) is 0 Å². The first-order valence-electron chi connectivity index (χ1n) is 8.72. The number of Topliss-reactive ketones (excluding diaryl/α,β-unsaturated/α-hetero) is 1. The minimum Gasteiger partial charge on any atom is -0.486 e. The molecule has 0 saturated carbocycles. The van der Waals surface area contributed by atoms with Crippen LogP contribution in [0, 0.1) is 12.8 Å². The standard InChI is InChI=1S/C20H26N2O3/c1-6-13(3)11-24-19-17(7-2)21-12-22-20(19)25-18-10-16(15(5)23)9-8-14(18)4/h8-10,12-13H,6-7,11H2,1-5H3/t13-/m1/s1. The van der Waals surface area contributed by atoms with Crippen molar-refractivity contribution in [3.8, 4) is 17.4 Å². The highest BCUT2D eigenvalue weighted by Gasteiger charge is 2.16. The smallest absolute Gasteiger partial charge is 0.266 e. The normalized spacial score (nSPS) is 11.9. The molecule has 0 aliphatic carbocycles. The first-order valence-corrected chi connectivity index (χ1v) is 8.72. The highest BCUT2D eigenvalue weighted by atomic mass is 16.5. The van der Waals surface area contributed by atoms with Crippen LogP contribution in [0.2, 0.25) is 0 Å². The van der Waals surface area contributed by atoms with Crippen molar-refractivity contribution in [1.82, 2.24) is 9.97 Å². The van der Waals surface area contributed by atoms with E-state index in [1.165, 1.54) is 13.3 Å². The molecule has 1 heterocycles. The van der Waals surface area contributed by atoms with Gasteiger partial charge in [0, 0.05) is 5.56 Å². The van der Waals surface area contributed by atoms with E-state index in [9.17, 15) is 4.79 Å². The molecule has 0 N–H and O–H groups in total. The molecule has 134 valence electrons. The summed E-state index contributed by atoms with van der Waals surface area (Å²) in [6, 6.07) is 5.40. The van der Waals surface area contributed by atoms with E-state index < -0.39 is 0 Å². The van der Waals surface area contributed by atoms with Crippen molar-refractivity contribution >= 4 is 5.78 Å². The summed E-state index contributed by atoms with van der Waals surface area (Å²) in [5.74, 6) is 1.99. The molecule has 0 amide bonds. The lowest BCUT2D eigenvalue weighted by Crippen LogP contribution is -2.10. The van der Waals surface area contributed by atoms with Gasteiger partial charge in [-0.15, -0.1) is 0 Å². The van der Waals surface area contributed by atoms with E-state index >= 15 is 0 Å². The lowest BCUT2D eigenvalue weighted by Gasteiger charge is -2.17. The van der Waals surface area contributed by atoms with Crippen molar-refractivity contribution in [2.45, 2.75) is 47.5 Å².